The van der Waals surface area contributed by atoms with Crippen molar-refractivity contribution in [2.24, 2.45) is 0 Å². The molecule has 0 saturated carbocycles. The van der Waals surface area contributed by atoms with E-state index in [0.29, 0.717) is 6.42 Å². The summed E-state index contributed by atoms with van der Waals surface area (Å²) in [4.78, 5) is 10.8. The maximum Gasteiger partial charge on any atom is 0.192 e. The Bertz CT molecular complexity index is 710. The molecule has 0 N–H and O–H groups in total. The van der Waals surface area contributed by atoms with Crippen LogP contribution in [0.3, 0.4) is 0 Å². The Labute approximate surface area is 265 Å². The monoisotopic (exact) mass is 627 g/mol. The van der Waals surface area contributed by atoms with Gasteiger partial charge in [-0.3, -0.25) is 0 Å². The van der Waals surface area contributed by atoms with Crippen LogP contribution < -0.4 is 0 Å². The Hall–Kier alpha value is -0.0162. The maximum absolute atomic E-state index is 10.8. The van der Waals surface area contributed by atoms with Crippen LogP contribution in [-0.4, -0.2) is 47.3 Å². The number of ether oxygens (including phenoxy) is 1. The molecule has 1 heterocycles. The number of carbonyl (C=O) groups excluding carboxylic acids is 1. The van der Waals surface area contributed by atoms with Crippen molar-refractivity contribution in [2.45, 2.75) is 225 Å². The average Bonchev–Trinajstić information content (AvgIpc) is 3.37. The van der Waals surface area contributed by atoms with Crippen LogP contribution in [0.5, 0.6) is 0 Å². The van der Waals surface area contributed by atoms with E-state index in [9.17, 15) is 4.79 Å². The molecule has 1 aliphatic heterocycles. The Balaban J connectivity index is 2.84. The van der Waals surface area contributed by atoms with E-state index in [2.05, 4.69) is 74.7 Å². The van der Waals surface area contributed by atoms with Gasteiger partial charge in [0.2, 0.25) is 0 Å². The maximum atomic E-state index is 10.8. The van der Waals surface area contributed by atoms with Crippen LogP contribution in [0, 0.1) is 0 Å². The molecule has 0 aromatic heterocycles. The van der Waals surface area contributed by atoms with Crippen molar-refractivity contribution >= 4 is 22.9 Å². The number of hydrogen-bond donors (Lipinski definition) is 0. The number of carbonyl (C=O) groups is 1. The minimum absolute atomic E-state index is 0.137. The third kappa shape index (κ3) is 14.8. The second kappa shape index (κ2) is 19.5. The van der Waals surface area contributed by atoms with E-state index < -0.39 is 16.6 Å². The highest BCUT2D eigenvalue weighted by Gasteiger charge is 2.45. The molecule has 0 bridgehead atoms. The van der Waals surface area contributed by atoms with Gasteiger partial charge < -0.3 is 18.4 Å². The van der Waals surface area contributed by atoms with Gasteiger partial charge in [0.15, 0.2) is 16.6 Å². The van der Waals surface area contributed by atoms with Gasteiger partial charge in [0, 0.05) is 6.42 Å². The highest BCUT2D eigenvalue weighted by molar-refractivity contribution is 6.74. The quantitative estimate of drug-likeness (QED) is 0.0643. The lowest BCUT2D eigenvalue weighted by Crippen LogP contribution is -2.48. The Morgan fingerprint density at radius 2 is 1.00 bits per heavy atom. The summed E-state index contributed by atoms with van der Waals surface area (Å²) in [5.41, 5.74) is 0. The van der Waals surface area contributed by atoms with E-state index in [1.54, 1.807) is 0 Å². The van der Waals surface area contributed by atoms with Crippen LogP contribution in [0.25, 0.3) is 0 Å². The molecule has 0 spiro atoms. The summed E-state index contributed by atoms with van der Waals surface area (Å²) in [6.07, 6.45) is 23.4. The summed E-state index contributed by atoms with van der Waals surface area (Å²) in [5.74, 6) is 0. The first-order chi connectivity index (χ1) is 19.6. The van der Waals surface area contributed by atoms with Gasteiger partial charge in [-0.05, 0) is 68.4 Å². The second-order valence-electron chi connectivity index (χ2n) is 16.4. The van der Waals surface area contributed by atoms with E-state index >= 15 is 0 Å². The number of rotatable bonds is 23. The van der Waals surface area contributed by atoms with Crippen molar-refractivity contribution in [3.05, 3.63) is 0 Å². The molecule has 42 heavy (non-hydrogen) atoms. The van der Waals surface area contributed by atoms with Gasteiger partial charge in [0.05, 0.1) is 24.4 Å². The molecule has 0 amide bonds. The minimum atomic E-state index is -1.93. The highest BCUT2D eigenvalue weighted by Crippen LogP contribution is 2.42. The summed E-state index contributed by atoms with van der Waals surface area (Å²) >= 11 is 0. The van der Waals surface area contributed by atoms with Crippen LogP contribution in [0.15, 0.2) is 0 Å². The second-order valence-corrected chi connectivity index (χ2v) is 25.9. The zero-order valence-corrected chi connectivity index (χ0v) is 32.2. The topological polar surface area (TPSA) is 44.8 Å². The van der Waals surface area contributed by atoms with Crippen molar-refractivity contribution in [2.75, 3.05) is 0 Å². The third-order valence-corrected chi connectivity index (χ3v) is 19.6. The van der Waals surface area contributed by atoms with Crippen molar-refractivity contribution in [1.82, 2.24) is 0 Å². The molecule has 0 radical (unpaired) electrons. The van der Waals surface area contributed by atoms with Crippen LogP contribution >= 0.6 is 0 Å². The van der Waals surface area contributed by atoms with Gasteiger partial charge in [0.1, 0.15) is 6.29 Å². The molecule has 1 aliphatic rings. The molecule has 1 rings (SSSR count). The molecule has 0 unspecified atom stereocenters. The summed E-state index contributed by atoms with van der Waals surface area (Å²) in [5, 5.41) is 0.362. The van der Waals surface area contributed by atoms with Gasteiger partial charge in [0.25, 0.3) is 0 Å². The number of aldehydes is 1. The van der Waals surface area contributed by atoms with Gasteiger partial charge >= 0.3 is 0 Å². The first-order valence-corrected chi connectivity index (χ1v) is 23.8. The molecular weight excluding hydrogens is 553 g/mol. The SMILES string of the molecule is CCCCCCCCCCCC[C@H](O[Si](C)(C)C(C)(C)C)[C@H]1CC[C@H]([C@@H](CCCCCC=O)O[Si](C)(C)C(C)(C)C)O1. The smallest absolute Gasteiger partial charge is 0.192 e. The molecule has 6 heteroatoms. The van der Waals surface area contributed by atoms with Gasteiger partial charge in [-0.1, -0.05) is 126 Å². The van der Waals surface area contributed by atoms with E-state index in [1.165, 1.54) is 64.2 Å². The molecule has 0 aromatic carbocycles. The zero-order chi connectivity index (χ0) is 31.9. The largest absolute Gasteiger partial charge is 0.411 e. The van der Waals surface area contributed by atoms with Crippen molar-refractivity contribution in [1.29, 1.82) is 0 Å². The summed E-state index contributed by atoms with van der Waals surface area (Å²) < 4.78 is 21.1. The van der Waals surface area contributed by atoms with Gasteiger partial charge in [-0.2, -0.15) is 0 Å². The lowest BCUT2D eigenvalue weighted by molar-refractivity contribution is -0.107. The third-order valence-electron chi connectivity index (χ3n) is 10.6. The Kier molecular flexibility index (Phi) is 18.6. The molecule has 1 saturated heterocycles. The molecule has 0 aliphatic carbocycles. The van der Waals surface area contributed by atoms with E-state index in [1.807, 2.05) is 0 Å². The molecule has 0 aromatic rings. The lowest BCUT2D eigenvalue weighted by atomic mass is 10.0. The summed E-state index contributed by atoms with van der Waals surface area (Å²) in [7, 11) is -3.84. The number of unbranched alkanes of at least 4 members (excludes halogenated alkanes) is 12. The zero-order valence-electron chi connectivity index (χ0n) is 30.2. The fourth-order valence-corrected chi connectivity index (χ4v) is 8.33. The first-order valence-electron chi connectivity index (χ1n) is 18.0. The number of hydrogen-bond acceptors (Lipinski definition) is 4. The highest BCUT2D eigenvalue weighted by atomic mass is 28.4. The minimum Gasteiger partial charge on any atom is -0.411 e. The predicted molar refractivity (Wildman–Crippen MR) is 188 cm³/mol. The van der Waals surface area contributed by atoms with Crippen LogP contribution in [0.1, 0.15) is 164 Å². The summed E-state index contributed by atoms with van der Waals surface area (Å²) in [6.45, 7) is 25.9. The van der Waals surface area contributed by atoms with Gasteiger partial charge in [-0.15, -0.1) is 0 Å². The molecule has 250 valence electrons. The molecule has 1 fully saturated rings. The van der Waals surface area contributed by atoms with Crippen molar-refractivity contribution in [3.8, 4) is 0 Å². The Morgan fingerprint density at radius 3 is 1.36 bits per heavy atom. The normalized spacial score (nSPS) is 20.2. The lowest BCUT2D eigenvalue weighted by Gasteiger charge is -2.42. The molecule has 4 nitrogen and oxygen atoms in total. The van der Waals surface area contributed by atoms with Crippen LogP contribution in [0.2, 0.25) is 36.3 Å². The van der Waals surface area contributed by atoms with Crippen molar-refractivity contribution < 1.29 is 18.4 Å². The van der Waals surface area contributed by atoms with E-state index in [-0.39, 0.29) is 34.5 Å². The fourth-order valence-electron chi connectivity index (χ4n) is 5.57. The standard InChI is InChI=1S/C36H74O4Si2/c1-12-13-14-15-16-17-18-19-20-23-26-33(39-41(8,9)35(2,3)4)31-28-29-32(38-31)34(27-24-21-22-25-30-37)40-42(10,11)36(5,6)7/h30-34H,12-29H2,1-11H3/t31-,32-,33+,34-/m1/s1. The first kappa shape index (κ1) is 40.0. The molecule has 4 atom stereocenters. The van der Waals surface area contributed by atoms with Gasteiger partial charge in [-0.25, -0.2) is 0 Å². The summed E-state index contributed by atoms with van der Waals surface area (Å²) in [6, 6.07) is 0. The van der Waals surface area contributed by atoms with E-state index in [4.69, 9.17) is 13.6 Å². The van der Waals surface area contributed by atoms with E-state index in [0.717, 1.165) is 51.2 Å². The van der Waals surface area contributed by atoms with Crippen LogP contribution in [-0.2, 0) is 18.4 Å². The predicted octanol–water partition coefficient (Wildman–Crippen LogP) is 11.8. The fraction of sp³-hybridized carbons (Fsp3) is 0.972. The van der Waals surface area contributed by atoms with Crippen molar-refractivity contribution in [3.63, 3.8) is 0 Å². The Morgan fingerprint density at radius 1 is 0.643 bits per heavy atom. The average molecular weight is 627 g/mol. The molecular formula is C36H74O4Si2. The van der Waals surface area contributed by atoms with Crippen LogP contribution in [0.4, 0.5) is 0 Å².